The second-order valence-electron chi connectivity index (χ2n) is 5.10. The number of carbonyl (C=O) groups is 1. The number of amides is 1. The Hall–Kier alpha value is -2.55. The number of hydrogen-bond donors (Lipinski definition) is 1. The smallest absolute Gasteiger partial charge is 0.244 e. The molecule has 0 saturated carbocycles. The number of aryl methyl sites for hydroxylation is 1. The number of methoxy groups -OCH3 is 1. The number of carbonyl (C=O) groups excluding carboxylic acids is 1. The van der Waals surface area contributed by atoms with E-state index in [1.54, 1.807) is 13.2 Å². The molecule has 0 fully saturated rings. The molecule has 3 heteroatoms. The number of benzene rings is 2. The van der Waals surface area contributed by atoms with E-state index in [2.05, 4.69) is 11.4 Å². The number of nitrogens with one attached hydrogen (secondary N) is 1. The fourth-order valence-corrected chi connectivity index (χ4v) is 2.22. The number of hydrogen-bond acceptors (Lipinski definition) is 2. The third kappa shape index (κ3) is 4.77. The average Bonchev–Trinajstić information content (AvgIpc) is 2.54. The lowest BCUT2D eigenvalue weighted by atomic mass is 10.1. The molecule has 3 nitrogen and oxygen atoms in total. The highest BCUT2D eigenvalue weighted by Gasteiger charge is 2.03. The first-order valence-electron chi connectivity index (χ1n) is 7.33. The molecular weight excluding hydrogens is 274 g/mol. The molecule has 0 radical (unpaired) electrons. The van der Waals surface area contributed by atoms with Crippen LogP contribution < -0.4 is 10.1 Å². The quantitative estimate of drug-likeness (QED) is 0.830. The third-order valence-electron chi connectivity index (χ3n) is 3.36. The first-order chi connectivity index (χ1) is 10.7. The van der Waals surface area contributed by atoms with Gasteiger partial charge >= 0.3 is 0 Å². The molecule has 0 aliphatic rings. The molecule has 0 aliphatic heterocycles. The second kappa shape index (κ2) is 8.03. The predicted molar refractivity (Wildman–Crippen MR) is 89.9 cm³/mol. The monoisotopic (exact) mass is 295 g/mol. The van der Waals surface area contributed by atoms with Crippen LogP contribution in [0, 0.1) is 6.92 Å². The van der Waals surface area contributed by atoms with E-state index in [9.17, 15) is 4.79 Å². The summed E-state index contributed by atoms with van der Waals surface area (Å²) in [5.74, 6) is 0.773. The van der Waals surface area contributed by atoms with Crippen molar-refractivity contribution in [1.29, 1.82) is 0 Å². The summed E-state index contributed by atoms with van der Waals surface area (Å²) in [6.07, 6.45) is 4.11. The van der Waals surface area contributed by atoms with Crippen LogP contribution in [0.15, 0.2) is 54.6 Å². The molecule has 0 saturated heterocycles. The molecule has 2 aromatic carbocycles. The van der Waals surface area contributed by atoms with Gasteiger partial charge in [-0.1, -0.05) is 48.0 Å². The van der Waals surface area contributed by atoms with Crippen LogP contribution in [0.25, 0.3) is 6.08 Å². The SMILES string of the molecule is COc1ccc(C)cc1CCNC(=O)/C=C/c1ccccc1. The van der Waals surface area contributed by atoms with Crippen molar-refractivity contribution in [2.75, 3.05) is 13.7 Å². The first kappa shape index (κ1) is 15.8. The van der Waals surface area contributed by atoms with Crippen LogP contribution in [0.4, 0.5) is 0 Å². The maximum atomic E-state index is 11.8. The highest BCUT2D eigenvalue weighted by atomic mass is 16.5. The summed E-state index contributed by atoms with van der Waals surface area (Å²) in [6, 6.07) is 15.8. The molecule has 0 unspecified atom stereocenters. The Bertz CT molecular complexity index is 648. The molecule has 0 spiro atoms. The van der Waals surface area contributed by atoms with Gasteiger partial charge in [0.1, 0.15) is 5.75 Å². The fourth-order valence-electron chi connectivity index (χ4n) is 2.22. The van der Waals surface area contributed by atoms with Gasteiger partial charge < -0.3 is 10.1 Å². The molecule has 2 rings (SSSR count). The van der Waals surface area contributed by atoms with Crippen molar-refractivity contribution in [1.82, 2.24) is 5.32 Å². The zero-order valence-electron chi connectivity index (χ0n) is 13.0. The minimum atomic E-state index is -0.0875. The van der Waals surface area contributed by atoms with Crippen molar-refractivity contribution in [2.24, 2.45) is 0 Å². The van der Waals surface area contributed by atoms with E-state index in [1.165, 1.54) is 5.56 Å². The van der Waals surface area contributed by atoms with Crippen LogP contribution in [0.5, 0.6) is 5.75 Å². The van der Waals surface area contributed by atoms with Gasteiger partial charge in [0.2, 0.25) is 5.91 Å². The van der Waals surface area contributed by atoms with E-state index < -0.39 is 0 Å². The normalized spacial score (nSPS) is 10.6. The summed E-state index contributed by atoms with van der Waals surface area (Å²) in [6.45, 7) is 2.63. The van der Waals surface area contributed by atoms with Crippen molar-refractivity contribution < 1.29 is 9.53 Å². The van der Waals surface area contributed by atoms with Crippen LogP contribution in [0.1, 0.15) is 16.7 Å². The molecule has 22 heavy (non-hydrogen) atoms. The van der Waals surface area contributed by atoms with Gasteiger partial charge in [0.05, 0.1) is 7.11 Å². The van der Waals surface area contributed by atoms with Gasteiger partial charge in [-0.3, -0.25) is 4.79 Å². The molecule has 0 aromatic heterocycles. The summed E-state index contributed by atoms with van der Waals surface area (Å²) < 4.78 is 5.34. The minimum absolute atomic E-state index is 0.0875. The van der Waals surface area contributed by atoms with Crippen molar-refractivity contribution in [3.05, 3.63) is 71.3 Å². The molecule has 2 aromatic rings. The Morgan fingerprint density at radius 3 is 2.68 bits per heavy atom. The fraction of sp³-hybridized carbons (Fsp3) is 0.211. The topological polar surface area (TPSA) is 38.3 Å². The van der Waals surface area contributed by atoms with E-state index in [-0.39, 0.29) is 5.91 Å². The maximum Gasteiger partial charge on any atom is 0.244 e. The Balaban J connectivity index is 1.85. The Morgan fingerprint density at radius 2 is 1.95 bits per heavy atom. The van der Waals surface area contributed by atoms with E-state index in [0.717, 1.165) is 23.3 Å². The maximum absolute atomic E-state index is 11.8. The van der Waals surface area contributed by atoms with E-state index >= 15 is 0 Å². The minimum Gasteiger partial charge on any atom is -0.496 e. The molecule has 0 aliphatic carbocycles. The molecule has 1 amide bonds. The molecular formula is C19H21NO2. The summed E-state index contributed by atoms with van der Waals surface area (Å²) in [5.41, 5.74) is 3.30. The van der Waals surface area contributed by atoms with Gasteiger partial charge in [0, 0.05) is 12.6 Å². The van der Waals surface area contributed by atoms with Crippen molar-refractivity contribution >= 4 is 12.0 Å². The van der Waals surface area contributed by atoms with E-state index in [4.69, 9.17) is 4.74 Å². The lowest BCUT2D eigenvalue weighted by molar-refractivity contribution is -0.116. The van der Waals surface area contributed by atoms with Gasteiger partial charge in [0.15, 0.2) is 0 Å². The third-order valence-corrected chi connectivity index (χ3v) is 3.36. The second-order valence-corrected chi connectivity index (χ2v) is 5.10. The molecule has 1 N–H and O–H groups in total. The Kier molecular flexibility index (Phi) is 5.78. The summed E-state index contributed by atoms with van der Waals surface area (Å²) in [7, 11) is 1.66. The molecule has 114 valence electrons. The van der Waals surface area contributed by atoms with Crippen LogP contribution in [0.3, 0.4) is 0 Å². The van der Waals surface area contributed by atoms with Crippen LogP contribution in [-0.4, -0.2) is 19.6 Å². The zero-order valence-corrected chi connectivity index (χ0v) is 13.0. The largest absolute Gasteiger partial charge is 0.496 e. The van der Waals surface area contributed by atoms with E-state index in [0.29, 0.717) is 6.54 Å². The first-order valence-corrected chi connectivity index (χ1v) is 7.33. The highest BCUT2D eigenvalue weighted by molar-refractivity contribution is 5.91. The van der Waals surface area contributed by atoms with Crippen molar-refractivity contribution in [3.8, 4) is 5.75 Å². The van der Waals surface area contributed by atoms with Gasteiger partial charge in [-0.2, -0.15) is 0 Å². The van der Waals surface area contributed by atoms with Crippen LogP contribution >= 0.6 is 0 Å². The number of rotatable bonds is 6. The molecule has 0 atom stereocenters. The van der Waals surface area contributed by atoms with Gasteiger partial charge in [-0.05, 0) is 36.6 Å². The van der Waals surface area contributed by atoms with Crippen LogP contribution in [-0.2, 0) is 11.2 Å². The highest BCUT2D eigenvalue weighted by Crippen LogP contribution is 2.19. The van der Waals surface area contributed by atoms with Gasteiger partial charge in [-0.25, -0.2) is 0 Å². The zero-order chi connectivity index (χ0) is 15.8. The average molecular weight is 295 g/mol. The van der Waals surface area contributed by atoms with Gasteiger partial charge in [0.25, 0.3) is 0 Å². The lowest BCUT2D eigenvalue weighted by Crippen LogP contribution is -2.23. The molecule has 0 bridgehead atoms. The van der Waals surface area contributed by atoms with Crippen molar-refractivity contribution in [3.63, 3.8) is 0 Å². The summed E-state index contributed by atoms with van der Waals surface area (Å²) in [4.78, 5) is 11.8. The Morgan fingerprint density at radius 1 is 1.18 bits per heavy atom. The lowest BCUT2D eigenvalue weighted by Gasteiger charge is -2.09. The summed E-state index contributed by atoms with van der Waals surface area (Å²) >= 11 is 0. The summed E-state index contributed by atoms with van der Waals surface area (Å²) in [5, 5.41) is 2.89. The standard InChI is InChI=1S/C19H21NO2/c1-15-8-10-18(22-2)17(14-15)12-13-20-19(21)11-9-16-6-4-3-5-7-16/h3-11,14H,12-13H2,1-2H3,(H,20,21)/b11-9+. The number of ether oxygens (including phenoxy) is 1. The van der Waals surface area contributed by atoms with Gasteiger partial charge in [-0.15, -0.1) is 0 Å². The van der Waals surface area contributed by atoms with Crippen LogP contribution in [0.2, 0.25) is 0 Å². The van der Waals surface area contributed by atoms with Crippen molar-refractivity contribution in [2.45, 2.75) is 13.3 Å². The predicted octanol–water partition coefficient (Wildman–Crippen LogP) is 3.38. The molecule has 0 heterocycles. The van der Waals surface area contributed by atoms with E-state index in [1.807, 2.05) is 55.5 Å². The Labute approximate surface area is 131 Å².